The summed E-state index contributed by atoms with van der Waals surface area (Å²) in [6.07, 6.45) is 2.30. The summed E-state index contributed by atoms with van der Waals surface area (Å²) in [6, 6.07) is 10.7. The highest BCUT2D eigenvalue weighted by atomic mass is 16.6. The second-order valence-electron chi connectivity index (χ2n) is 5.34. The van der Waals surface area contributed by atoms with E-state index in [1.54, 1.807) is 0 Å². The second kappa shape index (κ2) is 4.91. The van der Waals surface area contributed by atoms with Gasteiger partial charge in [-0.25, -0.2) is 9.97 Å². The third kappa shape index (κ3) is 2.05. The van der Waals surface area contributed by atoms with Gasteiger partial charge in [0.2, 0.25) is 0 Å². The van der Waals surface area contributed by atoms with E-state index in [0.29, 0.717) is 16.7 Å². The van der Waals surface area contributed by atoms with E-state index in [2.05, 4.69) is 16.0 Å². The second-order valence-corrected chi connectivity index (χ2v) is 5.34. The SMILES string of the molecule is O=[N+]([O-])c1cc2c(N3CCc4ccccc43)ncnc2cc1O. The largest absolute Gasteiger partial charge is 0.502 e. The molecular formula is C16H12N4O3. The number of hydrogen-bond donors (Lipinski definition) is 1. The van der Waals surface area contributed by atoms with Crippen LogP contribution in [0.15, 0.2) is 42.7 Å². The van der Waals surface area contributed by atoms with Gasteiger partial charge >= 0.3 is 5.69 Å². The van der Waals surface area contributed by atoms with Crippen LogP contribution in [0.4, 0.5) is 17.2 Å². The first-order valence-electron chi connectivity index (χ1n) is 7.13. The van der Waals surface area contributed by atoms with Crippen molar-refractivity contribution < 1.29 is 10.0 Å². The Hall–Kier alpha value is -3.22. The maximum absolute atomic E-state index is 11.1. The Morgan fingerprint density at radius 3 is 2.87 bits per heavy atom. The Labute approximate surface area is 131 Å². The normalized spacial score (nSPS) is 13.3. The number of phenolic OH excluding ortho intramolecular Hbond substituents is 1. The number of nitrogens with zero attached hydrogens (tertiary/aromatic N) is 4. The van der Waals surface area contributed by atoms with E-state index < -0.39 is 10.7 Å². The molecule has 23 heavy (non-hydrogen) atoms. The number of nitro benzene ring substituents is 1. The average molecular weight is 308 g/mol. The van der Waals surface area contributed by atoms with Crippen molar-refractivity contribution in [3.63, 3.8) is 0 Å². The van der Waals surface area contributed by atoms with Crippen LogP contribution in [-0.2, 0) is 6.42 Å². The smallest absolute Gasteiger partial charge is 0.311 e. The van der Waals surface area contributed by atoms with E-state index >= 15 is 0 Å². The highest BCUT2D eigenvalue weighted by Gasteiger charge is 2.24. The van der Waals surface area contributed by atoms with Gasteiger partial charge in [-0.1, -0.05) is 18.2 Å². The monoisotopic (exact) mass is 308 g/mol. The fraction of sp³-hybridized carbons (Fsp3) is 0.125. The van der Waals surface area contributed by atoms with Gasteiger partial charge in [0.15, 0.2) is 5.75 Å². The Kier molecular flexibility index (Phi) is 2.87. The van der Waals surface area contributed by atoms with Crippen LogP contribution in [0.2, 0.25) is 0 Å². The third-order valence-electron chi connectivity index (χ3n) is 4.05. The summed E-state index contributed by atoms with van der Waals surface area (Å²) >= 11 is 0. The van der Waals surface area contributed by atoms with Gasteiger partial charge in [-0.3, -0.25) is 10.1 Å². The standard InChI is InChI=1S/C16H12N4O3/c21-15-8-12-11(7-14(15)20(22)23)16(18-9-17-12)19-6-5-10-3-1-2-4-13(10)19/h1-4,7-9,21H,5-6H2. The van der Waals surface area contributed by atoms with Gasteiger partial charge in [0.25, 0.3) is 0 Å². The minimum atomic E-state index is -0.608. The molecule has 7 nitrogen and oxygen atoms in total. The average Bonchev–Trinajstić information content (AvgIpc) is 2.97. The van der Waals surface area contributed by atoms with Crippen molar-refractivity contribution in [1.82, 2.24) is 9.97 Å². The molecule has 1 aliphatic heterocycles. The fourth-order valence-electron chi connectivity index (χ4n) is 2.99. The maximum atomic E-state index is 11.1. The zero-order valence-corrected chi connectivity index (χ0v) is 12.0. The van der Waals surface area contributed by atoms with Gasteiger partial charge < -0.3 is 10.0 Å². The van der Waals surface area contributed by atoms with Crippen molar-refractivity contribution in [3.05, 3.63) is 58.4 Å². The van der Waals surface area contributed by atoms with E-state index in [-0.39, 0.29) is 5.69 Å². The topological polar surface area (TPSA) is 92.4 Å². The van der Waals surface area contributed by atoms with Crippen LogP contribution in [0.5, 0.6) is 5.75 Å². The number of hydrogen-bond acceptors (Lipinski definition) is 6. The van der Waals surface area contributed by atoms with Gasteiger partial charge in [-0.15, -0.1) is 0 Å². The van der Waals surface area contributed by atoms with Crippen molar-refractivity contribution in [3.8, 4) is 5.75 Å². The lowest BCUT2D eigenvalue weighted by Crippen LogP contribution is -2.15. The molecule has 1 aliphatic rings. The number of phenols is 1. The van der Waals surface area contributed by atoms with Gasteiger partial charge in [-0.05, 0) is 18.1 Å². The molecule has 2 heterocycles. The summed E-state index contributed by atoms with van der Waals surface area (Å²) in [7, 11) is 0. The van der Waals surface area contributed by atoms with Gasteiger partial charge in [-0.2, -0.15) is 0 Å². The molecule has 0 saturated carbocycles. The van der Waals surface area contributed by atoms with Gasteiger partial charge in [0, 0.05) is 24.4 Å². The number of aromatic nitrogens is 2. The minimum absolute atomic E-state index is 0.346. The van der Waals surface area contributed by atoms with Gasteiger partial charge in [0.05, 0.1) is 15.8 Å². The first-order valence-corrected chi connectivity index (χ1v) is 7.13. The molecule has 114 valence electrons. The lowest BCUT2D eigenvalue weighted by molar-refractivity contribution is -0.385. The number of benzene rings is 2. The van der Waals surface area contributed by atoms with Crippen LogP contribution in [0.3, 0.4) is 0 Å². The van der Waals surface area contributed by atoms with E-state index in [4.69, 9.17) is 0 Å². The molecule has 0 saturated heterocycles. The number of nitro groups is 1. The Morgan fingerprint density at radius 1 is 1.22 bits per heavy atom. The molecular weight excluding hydrogens is 296 g/mol. The summed E-state index contributed by atoms with van der Waals surface area (Å²) in [4.78, 5) is 20.9. The summed E-state index contributed by atoms with van der Waals surface area (Å²) in [5.74, 6) is 0.219. The van der Waals surface area contributed by atoms with Crippen LogP contribution >= 0.6 is 0 Å². The van der Waals surface area contributed by atoms with Crippen molar-refractivity contribution in [2.45, 2.75) is 6.42 Å². The summed E-state index contributed by atoms with van der Waals surface area (Å²) in [5, 5.41) is 21.4. The number of rotatable bonds is 2. The summed E-state index contributed by atoms with van der Waals surface area (Å²) in [5.41, 5.74) is 2.39. The number of fused-ring (bicyclic) bond motifs is 2. The van der Waals surface area contributed by atoms with E-state index in [9.17, 15) is 15.2 Å². The van der Waals surface area contributed by atoms with Crippen molar-refractivity contribution in [1.29, 1.82) is 0 Å². The zero-order chi connectivity index (χ0) is 16.0. The van der Waals surface area contributed by atoms with E-state index in [0.717, 1.165) is 18.7 Å². The van der Waals surface area contributed by atoms with Gasteiger partial charge in [0.1, 0.15) is 12.1 Å². The number of aromatic hydroxyl groups is 1. The highest BCUT2D eigenvalue weighted by molar-refractivity contribution is 5.95. The molecule has 0 amide bonds. The number of anilines is 2. The van der Waals surface area contributed by atoms with E-state index in [1.165, 1.54) is 24.0 Å². The van der Waals surface area contributed by atoms with E-state index in [1.807, 2.05) is 23.1 Å². The molecule has 0 atom stereocenters. The predicted octanol–water partition coefficient (Wildman–Crippen LogP) is 2.94. The van der Waals surface area contributed by atoms with Crippen molar-refractivity contribution in [2.24, 2.45) is 0 Å². The molecule has 1 N–H and O–H groups in total. The summed E-state index contributed by atoms with van der Waals surface area (Å²) in [6.45, 7) is 0.750. The Balaban J connectivity index is 1.95. The predicted molar refractivity (Wildman–Crippen MR) is 85.0 cm³/mol. The molecule has 1 aromatic heterocycles. The zero-order valence-electron chi connectivity index (χ0n) is 12.0. The lowest BCUT2D eigenvalue weighted by atomic mass is 10.1. The first kappa shape index (κ1) is 13.4. The fourth-order valence-corrected chi connectivity index (χ4v) is 2.99. The molecule has 7 heteroatoms. The summed E-state index contributed by atoms with van der Waals surface area (Å²) < 4.78 is 0. The molecule has 3 aromatic rings. The molecule has 0 radical (unpaired) electrons. The maximum Gasteiger partial charge on any atom is 0.311 e. The van der Waals surface area contributed by atoms with Crippen LogP contribution in [-0.4, -0.2) is 26.5 Å². The van der Waals surface area contributed by atoms with Crippen molar-refractivity contribution >= 4 is 28.1 Å². The van der Waals surface area contributed by atoms with Crippen LogP contribution in [0, 0.1) is 10.1 Å². The molecule has 0 bridgehead atoms. The Bertz CT molecular complexity index is 942. The highest BCUT2D eigenvalue weighted by Crippen LogP contribution is 2.39. The molecule has 4 rings (SSSR count). The Morgan fingerprint density at radius 2 is 2.04 bits per heavy atom. The molecule has 0 fully saturated rings. The molecule has 0 unspecified atom stereocenters. The number of para-hydroxylation sites is 1. The van der Waals surface area contributed by atoms with Crippen LogP contribution < -0.4 is 4.90 Å². The van der Waals surface area contributed by atoms with Crippen LogP contribution in [0.1, 0.15) is 5.56 Å². The molecule has 2 aromatic carbocycles. The minimum Gasteiger partial charge on any atom is -0.502 e. The lowest BCUT2D eigenvalue weighted by Gasteiger charge is -2.19. The third-order valence-corrected chi connectivity index (χ3v) is 4.05. The van der Waals surface area contributed by atoms with Crippen molar-refractivity contribution in [2.75, 3.05) is 11.4 Å². The molecule has 0 aliphatic carbocycles. The quantitative estimate of drug-likeness (QED) is 0.578. The first-order chi connectivity index (χ1) is 11.1. The molecule has 0 spiro atoms. The van der Waals surface area contributed by atoms with Crippen LogP contribution in [0.25, 0.3) is 10.9 Å².